The molecule has 1 aliphatic rings. The van der Waals surface area contributed by atoms with Crippen molar-refractivity contribution >= 4 is 11.9 Å². The molecular weight excluding hydrogens is 895 g/mol. The number of carbonyl (C=O) groups excluding carboxylic acids is 2. The molecule has 11 heteroatoms. The van der Waals surface area contributed by atoms with E-state index < -0.39 is 49.5 Å². The largest absolute Gasteiger partial charge is 0.466 e. The lowest BCUT2D eigenvalue weighted by Crippen LogP contribution is -2.60. The van der Waals surface area contributed by atoms with E-state index in [9.17, 15) is 35.1 Å². The van der Waals surface area contributed by atoms with Crippen LogP contribution < -0.4 is 5.32 Å². The molecule has 0 saturated carbocycles. The van der Waals surface area contributed by atoms with Gasteiger partial charge < -0.3 is 45.1 Å². The Labute approximate surface area is 434 Å². The van der Waals surface area contributed by atoms with E-state index in [2.05, 4.69) is 43.5 Å². The second-order valence-electron chi connectivity index (χ2n) is 20.7. The molecule has 71 heavy (non-hydrogen) atoms. The van der Waals surface area contributed by atoms with Crippen molar-refractivity contribution in [3.63, 3.8) is 0 Å². The fourth-order valence-electron chi connectivity index (χ4n) is 9.23. The number of allylic oxidation sites excluding steroid dienone is 5. The summed E-state index contributed by atoms with van der Waals surface area (Å²) in [5.74, 6) is -0.214. The summed E-state index contributed by atoms with van der Waals surface area (Å²) in [5.41, 5.74) is 0. The van der Waals surface area contributed by atoms with Gasteiger partial charge in [-0.05, 0) is 64.2 Å². The van der Waals surface area contributed by atoms with Crippen LogP contribution in [0.2, 0.25) is 0 Å². The molecule has 1 heterocycles. The lowest BCUT2D eigenvalue weighted by atomic mass is 9.99. The summed E-state index contributed by atoms with van der Waals surface area (Å²) < 4.78 is 16.7. The summed E-state index contributed by atoms with van der Waals surface area (Å²) >= 11 is 0. The summed E-state index contributed by atoms with van der Waals surface area (Å²) in [7, 11) is 0. The van der Waals surface area contributed by atoms with E-state index in [-0.39, 0.29) is 18.5 Å². The minimum absolute atomic E-state index is 0.0225. The normalized spacial score (nSPS) is 19.3. The van der Waals surface area contributed by atoms with Gasteiger partial charge in [-0.1, -0.05) is 230 Å². The van der Waals surface area contributed by atoms with Crippen molar-refractivity contribution in [2.75, 3.05) is 19.8 Å². The average Bonchev–Trinajstić information content (AvgIpc) is 3.37. The highest BCUT2D eigenvalue weighted by Gasteiger charge is 2.44. The van der Waals surface area contributed by atoms with E-state index in [4.69, 9.17) is 14.2 Å². The fraction of sp³-hybridized carbons (Fsp3) is 0.867. The zero-order valence-electron chi connectivity index (χ0n) is 45.7. The number of aliphatic hydroxyl groups excluding tert-OH is 5. The zero-order valence-corrected chi connectivity index (χ0v) is 45.7. The highest BCUT2D eigenvalue weighted by Crippen LogP contribution is 2.23. The third-order valence-corrected chi connectivity index (χ3v) is 14.0. The van der Waals surface area contributed by atoms with E-state index in [1.165, 1.54) is 167 Å². The molecule has 1 rings (SSSR count). The number of ether oxygens (including phenoxy) is 3. The van der Waals surface area contributed by atoms with Crippen molar-refractivity contribution in [3.8, 4) is 0 Å². The van der Waals surface area contributed by atoms with Gasteiger partial charge in [0, 0.05) is 12.8 Å². The first kappa shape index (κ1) is 66.9. The molecule has 416 valence electrons. The van der Waals surface area contributed by atoms with Gasteiger partial charge in [0.15, 0.2) is 6.29 Å². The zero-order chi connectivity index (χ0) is 51.7. The van der Waals surface area contributed by atoms with Crippen LogP contribution in [0.3, 0.4) is 0 Å². The molecule has 7 atom stereocenters. The Bertz CT molecular complexity index is 1280. The van der Waals surface area contributed by atoms with Crippen LogP contribution in [0.1, 0.15) is 271 Å². The second kappa shape index (κ2) is 50.1. The monoisotopic (exact) mass is 1010 g/mol. The molecule has 0 radical (unpaired) electrons. The molecule has 1 amide bonds. The number of rotatable bonds is 51. The predicted octanol–water partition coefficient (Wildman–Crippen LogP) is 13.5. The first-order chi connectivity index (χ1) is 34.7. The Hall–Kier alpha value is -2.12. The van der Waals surface area contributed by atoms with Crippen molar-refractivity contribution < 1.29 is 49.3 Å². The van der Waals surface area contributed by atoms with Crippen LogP contribution in [-0.2, 0) is 23.8 Å². The van der Waals surface area contributed by atoms with Gasteiger partial charge in [-0.15, -0.1) is 0 Å². The number of amides is 1. The number of hydrogen-bond donors (Lipinski definition) is 6. The summed E-state index contributed by atoms with van der Waals surface area (Å²) in [6.45, 7) is 4.27. The van der Waals surface area contributed by atoms with Crippen LogP contribution in [0.4, 0.5) is 0 Å². The van der Waals surface area contributed by atoms with Gasteiger partial charge in [-0.3, -0.25) is 9.59 Å². The van der Waals surface area contributed by atoms with E-state index in [1.54, 1.807) is 6.08 Å². The Balaban J connectivity index is 2.02. The number of esters is 1. The van der Waals surface area contributed by atoms with Crippen molar-refractivity contribution in [2.45, 2.75) is 314 Å². The van der Waals surface area contributed by atoms with Crippen molar-refractivity contribution in [3.05, 3.63) is 36.5 Å². The number of unbranched alkanes of at least 4 members (excludes halogenated alkanes) is 33. The first-order valence-electron chi connectivity index (χ1n) is 29.8. The third kappa shape index (κ3) is 39.9. The fourth-order valence-corrected chi connectivity index (χ4v) is 9.23. The van der Waals surface area contributed by atoms with Crippen LogP contribution in [0.5, 0.6) is 0 Å². The lowest BCUT2D eigenvalue weighted by molar-refractivity contribution is -0.302. The van der Waals surface area contributed by atoms with Crippen molar-refractivity contribution in [1.29, 1.82) is 0 Å². The molecule has 7 unspecified atom stereocenters. The molecule has 11 nitrogen and oxygen atoms in total. The Kier molecular flexibility index (Phi) is 47.2. The van der Waals surface area contributed by atoms with E-state index >= 15 is 0 Å². The maximum atomic E-state index is 13.0. The average molecular weight is 1010 g/mol. The van der Waals surface area contributed by atoms with Crippen molar-refractivity contribution in [2.24, 2.45) is 0 Å². The number of hydrogen-bond acceptors (Lipinski definition) is 10. The lowest BCUT2D eigenvalue weighted by Gasteiger charge is -2.40. The van der Waals surface area contributed by atoms with Gasteiger partial charge in [0.1, 0.15) is 24.4 Å². The molecule has 0 aromatic carbocycles. The maximum Gasteiger partial charge on any atom is 0.305 e. The summed E-state index contributed by atoms with van der Waals surface area (Å²) in [4.78, 5) is 25.1. The van der Waals surface area contributed by atoms with Crippen LogP contribution in [0, 0.1) is 0 Å². The van der Waals surface area contributed by atoms with E-state index in [0.717, 1.165) is 77.0 Å². The number of aliphatic hydroxyl groups is 5. The topological polar surface area (TPSA) is 175 Å². The molecule has 0 spiro atoms. The third-order valence-electron chi connectivity index (χ3n) is 14.0. The van der Waals surface area contributed by atoms with Gasteiger partial charge in [-0.2, -0.15) is 0 Å². The minimum Gasteiger partial charge on any atom is -0.466 e. The molecular formula is C60H111NO10. The highest BCUT2D eigenvalue weighted by molar-refractivity contribution is 5.76. The van der Waals surface area contributed by atoms with Gasteiger partial charge in [-0.25, -0.2) is 0 Å². The van der Waals surface area contributed by atoms with Crippen molar-refractivity contribution in [1.82, 2.24) is 5.32 Å². The van der Waals surface area contributed by atoms with Gasteiger partial charge >= 0.3 is 5.97 Å². The summed E-state index contributed by atoms with van der Waals surface area (Å²) in [6, 6.07) is -0.814. The van der Waals surface area contributed by atoms with Gasteiger partial charge in [0.05, 0.1) is 32.0 Å². The maximum absolute atomic E-state index is 13.0. The van der Waals surface area contributed by atoms with E-state index in [0.29, 0.717) is 19.4 Å². The minimum atomic E-state index is -1.57. The Morgan fingerprint density at radius 1 is 0.521 bits per heavy atom. The van der Waals surface area contributed by atoms with Gasteiger partial charge in [0.25, 0.3) is 0 Å². The summed E-state index contributed by atoms with van der Waals surface area (Å²) in [5, 5.41) is 54.2. The molecule has 0 bridgehead atoms. The van der Waals surface area contributed by atoms with Crippen LogP contribution in [-0.4, -0.2) is 100 Å². The molecule has 1 saturated heterocycles. The number of carbonyl (C=O) groups is 2. The second-order valence-corrected chi connectivity index (χ2v) is 20.7. The molecule has 6 N–H and O–H groups in total. The Morgan fingerprint density at radius 2 is 0.944 bits per heavy atom. The molecule has 0 aromatic rings. The SMILES string of the molecule is CCCCCC/C=C\C/C=C\CCCCCCCCCC(=O)OCCCCCCCCCCCCCCCCCCC(=O)NC(COC1OC(CO)C(O)C(O)C1O)C(O)/C=C/CCCCCCCCC. The quantitative estimate of drug-likeness (QED) is 0.0195. The highest BCUT2D eigenvalue weighted by atomic mass is 16.7. The molecule has 0 aromatic heterocycles. The Morgan fingerprint density at radius 3 is 1.44 bits per heavy atom. The molecule has 0 aliphatic carbocycles. The smallest absolute Gasteiger partial charge is 0.305 e. The molecule has 1 aliphatic heterocycles. The molecule has 1 fully saturated rings. The standard InChI is InChI=1S/C60H111NO10/c1-3-5-7-9-11-13-14-15-16-17-18-22-25-28-32-36-40-44-48-56(65)69-49-45-41-37-33-29-26-23-20-19-21-24-27-31-35-39-43-47-55(64)61-52(53(63)46-42-38-34-30-12-10-8-6-4-2)51-70-60-59(68)58(67)57(66)54(50-62)71-60/h13-14,16-17,42,46,52-54,57-60,62-63,66-68H,3-12,15,18-41,43-45,47-51H2,1-2H3,(H,61,64)/b14-13-,17-16-,46-42+. The predicted molar refractivity (Wildman–Crippen MR) is 292 cm³/mol. The van der Waals surface area contributed by atoms with Crippen LogP contribution >= 0.6 is 0 Å². The van der Waals surface area contributed by atoms with Crippen LogP contribution in [0.25, 0.3) is 0 Å². The first-order valence-corrected chi connectivity index (χ1v) is 29.8. The van der Waals surface area contributed by atoms with Gasteiger partial charge in [0.2, 0.25) is 5.91 Å². The number of nitrogens with one attached hydrogen (secondary N) is 1. The summed E-state index contributed by atoms with van der Waals surface area (Å²) in [6.07, 6.45) is 51.0. The van der Waals surface area contributed by atoms with E-state index in [1.807, 2.05) is 6.08 Å². The van der Waals surface area contributed by atoms with Crippen LogP contribution in [0.15, 0.2) is 36.5 Å².